The van der Waals surface area contributed by atoms with Gasteiger partial charge in [0, 0.05) is 36.6 Å². The molecule has 2 atom stereocenters. The van der Waals surface area contributed by atoms with Crippen LogP contribution in [0.2, 0.25) is 5.02 Å². The summed E-state index contributed by atoms with van der Waals surface area (Å²) in [6.45, 7) is 4.71. The van der Waals surface area contributed by atoms with Crippen molar-refractivity contribution in [1.29, 1.82) is 0 Å². The van der Waals surface area contributed by atoms with Crippen molar-refractivity contribution in [3.8, 4) is 11.5 Å². The topological polar surface area (TPSA) is 89.4 Å². The van der Waals surface area contributed by atoms with E-state index in [4.69, 9.17) is 35.9 Å². The minimum atomic E-state index is -1.29. The van der Waals surface area contributed by atoms with Crippen LogP contribution in [0.4, 0.5) is 0 Å². The van der Waals surface area contributed by atoms with Gasteiger partial charge in [-0.2, -0.15) is 0 Å². The summed E-state index contributed by atoms with van der Waals surface area (Å²) in [7, 11) is 1.59. The van der Waals surface area contributed by atoms with E-state index >= 15 is 0 Å². The molecule has 0 fully saturated rings. The number of methoxy groups -OCH3 is 1. The first-order chi connectivity index (χ1) is 18.5. The van der Waals surface area contributed by atoms with Crippen molar-refractivity contribution in [1.82, 2.24) is 5.32 Å². The van der Waals surface area contributed by atoms with E-state index in [9.17, 15) is 4.79 Å². The quantitative estimate of drug-likeness (QED) is 0.244. The lowest BCUT2D eigenvalue weighted by Gasteiger charge is -2.30. The molecule has 0 aliphatic carbocycles. The van der Waals surface area contributed by atoms with E-state index in [0.717, 1.165) is 11.1 Å². The van der Waals surface area contributed by atoms with Crippen molar-refractivity contribution < 1.29 is 24.1 Å². The van der Waals surface area contributed by atoms with E-state index in [0.29, 0.717) is 47.6 Å². The molecule has 0 saturated carbocycles. The summed E-state index contributed by atoms with van der Waals surface area (Å²) in [5.74, 6) is 1.39. The Morgan fingerprint density at radius 3 is 2.61 bits per heavy atom. The van der Waals surface area contributed by atoms with Crippen molar-refractivity contribution in [2.45, 2.75) is 31.0 Å². The number of hydrogen-bond acceptors (Lipinski definition) is 6. The molecular formula is C30H31ClN2O5. The molecule has 4 rings (SSSR count). The fourth-order valence-corrected chi connectivity index (χ4v) is 4.40. The number of aliphatic hydroxyl groups excluding tert-OH is 1. The van der Waals surface area contributed by atoms with Crippen molar-refractivity contribution in [2.24, 2.45) is 4.99 Å². The number of rotatable bonds is 12. The molecule has 198 valence electrons. The summed E-state index contributed by atoms with van der Waals surface area (Å²) in [6, 6.07) is 22.1. The van der Waals surface area contributed by atoms with E-state index in [1.54, 1.807) is 25.3 Å². The number of ether oxygens (including phenoxy) is 3. The van der Waals surface area contributed by atoms with Crippen molar-refractivity contribution in [3.63, 3.8) is 0 Å². The molecule has 0 radical (unpaired) electrons. The van der Waals surface area contributed by atoms with E-state index in [-0.39, 0.29) is 18.9 Å². The van der Waals surface area contributed by atoms with Crippen LogP contribution in [0, 0.1) is 0 Å². The first-order valence-corrected chi connectivity index (χ1v) is 12.7. The van der Waals surface area contributed by atoms with Gasteiger partial charge in [-0.15, -0.1) is 6.58 Å². The molecule has 0 aromatic heterocycles. The molecule has 2 N–H and O–H groups in total. The zero-order valence-electron chi connectivity index (χ0n) is 21.2. The van der Waals surface area contributed by atoms with Crippen LogP contribution < -0.4 is 14.8 Å². The summed E-state index contributed by atoms with van der Waals surface area (Å²) in [5.41, 5.74) is 1.10. The maximum absolute atomic E-state index is 13.9. The predicted molar refractivity (Wildman–Crippen MR) is 148 cm³/mol. The van der Waals surface area contributed by atoms with Gasteiger partial charge in [0.15, 0.2) is 11.6 Å². The highest BCUT2D eigenvalue weighted by Crippen LogP contribution is 2.43. The van der Waals surface area contributed by atoms with Gasteiger partial charge in [0.2, 0.25) is 5.90 Å². The Bertz CT molecular complexity index is 1280. The van der Waals surface area contributed by atoms with Crippen LogP contribution in [-0.4, -0.2) is 42.8 Å². The lowest BCUT2D eigenvalue weighted by molar-refractivity contribution is -0.129. The Hall–Kier alpha value is -3.81. The van der Waals surface area contributed by atoms with Crippen molar-refractivity contribution in [2.75, 3.05) is 20.3 Å². The average molecular weight is 535 g/mol. The van der Waals surface area contributed by atoms with E-state index < -0.39 is 11.6 Å². The molecule has 0 unspecified atom stereocenters. The smallest absolute Gasteiger partial charge is 0.252 e. The fourth-order valence-electron chi connectivity index (χ4n) is 4.28. The van der Waals surface area contributed by atoms with Crippen molar-refractivity contribution in [3.05, 3.63) is 107 Å². The predicted octanol–water partition coefficient (Wildman–Crippen LogP) is 5.26. The molecule has 1 amide bonds. The Kier molecular flexibility index (Phi) is 9.05. The van der Waals surface area contributed by atoms with Gasteiger partial charge in [-0.3, -0.25) is 4.79 Å². The Morgan fingerprint density at radius 2 is 1.92 bits per heavy atom. The standard InChI is InChI=1S/C30H31ClN2O5/c1-3-16-30(29(35)32-20-21-8-12-24(31)13-9-21)27(23-6-4-7-26(19-23)36-2)38-28(33-30)22-10-14-25(15-11-22)37-18-5-17-34/h3-4,6-15,19,27,34H,1,5,16-18,20H2,2H3,(H,32,35)/t27-,30-/m1/s1. The number of aliphatic imine (C=N–C) groups is 1. The third-order valence-corrected chi connectivity index (χ3v) is 6.50. The van der Waals surface area contributed by atoms with Gasteiger partial charge in [-0.25, -0.2) is 4.99 Å². The molecule has 38 heavy (non-hydrogen) atoms. The number of aliphatic hydroxyl groups is 1. The molecule has 1 aliphatic rings. The Labute approximate surface area is 227 Å². The highest BCUT2D eigenvalue weighted by molar-refractivity contribution is 6.30. The van der Waals surface area contributed by atoms with Crippen LogP contribution in [0.15, 0.2) is 90.4 Å². The number of nitrogens with one attached hydrogen (secondary N) is 1. The SMILES string of the molecule is C=CC[C@@]1(C(=O)NCc2ccc(Cl)cc2)N=C(c2ccc(OCCCO)cc2)O[C@@H]1c1cccc(OC)c1. The maximum atomic E-state index is 13.9. The Morgan fingerprint density at radius 1 is 1.16 bits per heavy atom. The summed E-state index contributed by atoms with van der Waals surface area (Å²) in [6.07, 6.45) is 1.78. The number of benzene rings is 3. The largest absolute Gasteiger partial charge is 0.497 e. The van der Waals surface area contributed by atoms with Crippen LogP contribution in [0.1, 0.15) is 35.6 Å². The zero-order chi connectivity index (χ0) is 27.0. The van der Waals surface area contributed by atoms with Crippen LogP contribution in [-0.2, 0) is 16.1 Å². The Balaban J connectivity index is 1.67. The number of nitrogens with zero attached hydrogens (tertiary/aromatic N) is 1. The summed E-state index contributed by atoms with van der Waals surface area (Å²) in [5, 5.41) is 12.6. The molecule has 0 spiro atoms. The summed E-state index contributed by atoms with van der Waals surface area (Å²) in [4.78, 5) is 18.8. The van der Waals surface area contributed by atoms with Gasteiger partial charge in [-0.1, -0.05) is 41.9 Å². The molecule has 3 aromatic carbocycles. The van der Waals surface area contributed by atoms with Crippen LogP contribution in [0.3, 0.4) is 0 Å². The van der Waals surface area contributed by atoms with Gasteiger partial charge < -0.3 is 24.6 Å². The van der Waals surface area contributed by atoms with Gasteiger partial charge in [0.1, 0.15) is 11.5 Å². The van der Waals surface area contributed by atoms with E-state index in [1.165, 1.54) is 0 Å². The second kappa shape index (κ2) is 12.6. The minimum absolute atomic E-state index is 0.0693. The highest BCUT2D eigenvalue weighted by atomic mass is 35.5. The first kappa shape index (κ1) is 27.2. The molecule has 1 heterocycles. The van der Waals surface area contributed by atoms with Gasteiger partial charge in [0.05, 0.1) is 13.7 Å². The van der Waals surface area contributed by atoms with E-state index in [1.807, 2.05) is 60.7 Å². The number of carbonyl (C=O) groups excluding carboxylic acids is 1. The van der Waals surface area contributed by atoms with E-state index in [2.05, 4.69) is 11.9 Å². The molecule has 1 aliphatic heterocycles. The molecule has 7 nitrogen and oxygen atoms in total. The zero-order valence-corrected chi connectivity index (χ0v) is 22.0. The molecular weight excluding hydrogens is 504 g/mol. The first-order valence-electron chi connectivity index (χ1n) is 12.4. The minimum Gasteiger partial charge on any atom is -0.497 e. The number of halogens is 1. The lowest BCUT2D eigenvalue weighted by Crippen LogP contribution is -2.47. The summed E-state index contributed by atoms with van der Waals surface area (Å²) < 4.78 is 17.5. The molecule has 8 heteroatoms. The molecule has 0 bridgehead atoms. The lowest BCUT2D eigenvalue weighted by atomic mass is 9.84. The third kappa shape index (κ3) is 6.18. The normalized spacial score (nSPS) is 18.3. The highest BCUT2D eigenvalue weighted by Gasteiger charge is 2.52. The maximum Gasteiger partial charge on any atom is 0.252 e. The fraction of sp³-hybridized carbons (Fsp3) is 0.267. The van der Waals surface area contributed by atoms with Gasteiger partial charge in [-0.05, 0) is 59.7 Å². The second-order valence-electron chi connectivity index (χ2n) is 8.87. The second-order valence-corrected chi connectivity index (χ2v) is 9.30. The monoisotopic (exact) mass is 534 g/mol. The average Bonchev–Trinajstić information content (AvgIpc) is 3.34. The van der Waals surface area contributed by atoms with Crippen LogP contribution >= 0.6 is 11.6 Å². The van der Waals surface area contributed by atoms with Gasteiger partial charge in [0.25, 0.3) is 5.91 Å². The van der Waals surface area contributed by atoms with Crippen LogP contribution in [0.5, 0.6) is 11.5 Å². The number of carbonyl (C=O) groups is 1. The third-order valence-electron chi connectivity index (χ3n) is 6.25. The summed E-state index contributed by atoms with van der Waals surface area (Å²) >= 11 is 6.01. The number of amides is 1. The van der Waals surface area contributed by atoms with Crippen molar-refractivity contribution >= 4 is 23.4 Å². The number of hydrogen-bond donors (Lipinski definition) is 2. The molecule has 3 aromatic rings. The van der Waals surface area contributed by atoms with Crippen LogP contribution in [0.25, 0.3) is 0 Å². The molecule has 0 saturated heterocycles. The van der Waals surface area contributed by atoms with Gasteiger partial charge >= 0.3 is 0 Å².